The summed E-state index contributed by atoms with van der Waals surface area (Å²) in [6.45, 7) is 1.51. The summed E-state index contributed by atoms with van der Waals surface area (Å²) < 4.78 is 0. The second-order valence-corrected chi connectivity index (χ2v) is 6.40. The Morgan fingerprint density at radius 1 is 1.00 bits per heavy atom. The molecule has 1 unspecified atom stereocenters. The van der Waals surface area contributed by atoms with Crippen LogP contribution in [0.4, 0.5) is 0 Å². The van der Waals surface area contributed by atoms with Gasteiger partial charge in [0.25, 0.3) is 0 Å². The topological polar surface area (TPSA) is 54.4 Å². The minimum atomic E-state index is -0.838. The van der Waals surface area contributed by atoms with Crippen LogP contribution >= 0.6 is 11.8 Å². The van der Waals surface area contributed by atoms with Crippen molar-refractivity contribution in [2.24, 2.45) is 0 Å². The maximum atomic E-state index is 11.4. The largest absolute Gasteiger partial charge is 0.481 e. The molecule has 0 heterocycles. The Hall–Kier alpha value is -2.07. The lowest BCUT2D eigenvalue weighted by Crippen LogP contribution is -2.02. The Bertz CT molecular complexity index is 635. The molecule has 114 valence electrons. The first-order valence-corrected chi connectivity index (χ1v) is 7.98. The second kappa shape index (κ2) is 7.80. The van der Waals surface area contributed by atoms with E-state index < -0.39 is 5.97 Å². The van der Waals surface area contributed by atoms with Crippen LogP contribution in [0.5, 0.6) is 0 Å². The molecule has 0 aliphatic carbocycles. The third kappa shape index (κ3) is 4.74. The van der Waals surface area contributed by atoms with Crippen molar-refractivity contribution in [3.8, 4) is 11.1 Å². The van der Waals surface area contributed by atoms with E-state index in [1.165, 1.54) is 18.7 Å². The summed E-state index contributed by atoms with van der Waals surface area (Å²) in [7, 11) is 0. The molecule has 0 saturated carbocycles. The number of rotatable bonds is 6. The first-order chi connectivity index (χ1) is 10.6. The van der Waals surface area contributed by atoms with E-state index in [1.807, 2.05) is 54.6 Å². The summed E-state index contributed by atoms with van der Waals surface area (Å²) in [6, 6.07) is 18.0. The Kier molecular flexibility index (Phi) is 5.78. The number of benzene rings is 2. The normalized spacial score (nSPS) is 11.9. The fraction of sp³-hybridized carbons (Fsp3) is 0.222. The second-order valence-electron chi connectivity index (χ2n) is 5.02. The molecule has 0 radical (unpaired) electrons. The van der Waals surface area contributed by atoms with Gasteiger partial charge in [-0.15, -0.1) is 0 Å². The van der Waals surface area contributed by atoms with E-state index in [4.69, 9.17) is 5.11 Å². The summed E-state index contributed by atoms with van der Waals surface area (Å²) in [6.07, 6.45) is 0.510. The van der Waals surface area contributed by atoms with Gasteiger partial charge in [-0.2, -0.15) is 0 Å². The van der Waals surface area contributed by atoms with Gasteiger partial charge in [0.05, 0.1) is 0 Å². The highest BCUT2D eigenvalue weighted by Gasteiger charge is 2.16. The average molecular weight is 314 g/mol. The summed E-state index contributed by atoms with van der Waals surface area (Å²) >= 11 is 1.19. The molecule has 0 spiro atoms. The number of thioether (sulfide) groups is 1. The maximum absolute atomic E-state index is 11.4. The van der Waals surface area contributed by atoms with Gasteiger partial charge in [-0.1, -0.05) is 66.4 Å². The SMILES string of the molecule is CC(=O)SC(CCC(=O)O)c1ccc(-c2ccccc2)cc1. The molecule has 3 nitrogen and oxygen atoms in total. The number of carboxylic acid groups (broad SMARTS) is 1. The van der Waals surface area contributed by atoms with E-state index in [1.54, 1.807) is 0 Å². The third-order valence-electron chi connectivity index (χ3n) is 3.32. The van der Waals surface area contributed by atoms with Gasteiger partial charge in [-0.05, 0) is 23.1 Å². The van der Waals surface area contributed by atoms with Crippen LogP contribution in [0, 0.1) is 0 Å². The molecule has 0 amide bonds. The highest BCUT2D eigenvalue weighted by Crippen LogP contribution is 2.34. The number of carbonyl (C=O) groups is 2. The van der Waals surface area contributed by atoms with Crippen LogP contribution < -0.4 is 0 Å². The minimum absolute atomic E-state index is 0.00234. The standard InChI is InChI=1S/C18H18O3S/c1-13(19)22-17(11-12-18(20)21)16-9-7-15(8-10-16)14-5-3-2-4-6-14/h2-10,17H,11-12H2,1H3,(H,20,21). The maximum Gasteiger partial charge on any atom is 0.303 e. The Morgan fingerprint density at radius 2 is 1.59 bits per heavy atom. The number of hydrogen-bond donors (Lipinski definition) is 1. The summed E-state index contributed by atoms with van der Waals surface area (Å²) in [5.41, 5.74) is 3.23. The minimum Gasteiger partial charge on any atom is -0.481 e. The Morgan fingerprint density at radius 3 is 2.14 bits per heavy atom. The molecule has 0 saturated heterocycles. The van der Waals surface area contributed by atoms with Crippen molar-refractivity contribution < 1.29 is 14.7 Å². The van der Waals surface area contributed by atoms with E-state index in [0.717, 1.165) is 16.7 Å². The predicted octanol–water partition coefficient (Wildman–Crippen LogP) is 4.54. The van der Waals surface area contributed by atoms with Crippen molar-refractivity contribution in [3.63, 3.8) is 0 Å². The van der Waals surface area contributed by atoms with E-state index >= 15 is 0 Å². The zero-order valence-electron chi connectivity index (χ0n) is 12.4. The molecule has 22 heavy (non-hydrogen) atoms. The van der Waals surface area contributed by atoms with Crippen LogP contribution in [-0.4, -0.2) is 16.2 Å². The van der Waals surface area contributed by atoms with Crippen molar-refractivity contribution in [2.45, 2.75) is 25.0 Å². The first-order valence-electron chi connectivity index (χ1n) is 7.10. The van der Waals surface area contributed by atoms with Gasteiger partial charge in [-0.3, -0.25) is 9.59 Å². The molecule has 1 N–H and O–H groups in total. The molecule has 4 heteroatoms. The molecule has 0 fully saturated rings. The lowest BCUT2D eigenvalue weighted by Gasteiger charge is -2.15. The Balaban J connectivity index is 2.17. The number of hydrogen-bond acceptors (Lipinski definition) is 3. The van der Waals surface area contributed by atoms with Gasteiger partial charge in [0.2, 0.25) is 0 Å². The van der Waals surface area contributed by atoms with Gasteiger partial charge < -0.3 is 5.11 Å². The molecule has 2 aromatic carbocycles. The van der Waals surface area contributed by atoms with Crippen molar-refractivity contribution in [2.75, 3.05) is 0 Å². The average Bonchev–Trinajstić information content (AvgIpc) is 2.52. The first kappa shape index (κ1) is 16.3. The number of carboxylic acids is 1. The smallest absolute Gasteiger partial charge is 0.303 e. The van der Waals surface area contributed by atoms with E-state index in [-0.39, 0.29) is 16.8 Å². The van der Waals surface area contributed by atoms with E-state index in [0.29, 0.717) is 6.42 Å². The molecule has 0 bridgehead atoms. The number of aliphatic carboxylic acids is 1. The lowest BCUT2D eigenvalue weighted by atomic mass is 10.0. The zero-order valence-corrected chi connectivity index (χ0v) is 13.2. The Labute approximate surface area is 134 Å². The molecule has 2 aromatic rings. The van der Waals surface area contributed by atoms with Crippen LogP contribution in [0.3, 0.4) is 0 Å². The quantitative estimate of drug-likeness (QED) is 0.850. The highest BCUT2D eigenvalue weighted by molar-refractivity contribution is 8.13. The van der Waals surface area contributed by atoms with Crippen LogP contribution in [0.2, 0.25) is 0 Å². The van der Waals surface area contributed by atoms with E-state index in [2.05, 4.69) is 0 Å². The third-order valence-corrected chi connectivity index (χ3v) is 4.44. The van der Waals surface area contributed by atoms with Crippen molar-refractivity contribution >= 4 is 22.8 Å². The van der Waals surface area contributed by atoms with Crippen molar-refractivity contribution in [3.05, 3.63) is 60.2 Å². The molecule has 1 atom stereocenters. The molecule has 0 aromatic heterocycles. The zero-order chi connectivity index (χ0) is 15.9. The summed E-state index contributed by atoms with van der Waals surface area (Å²) in [5, 5.41) is 8.73. The van der Waals surface area contributed by atoms with Crippen LogP contribution in [0.1, 0.15) is 30.6 Å². The highest BCUT2D eigenvalue weighted by atomic mass is 32.2. The monoisotopic (exact) mass is 314 g/mol. The van der Waals surface area contributed by atoms with Gasteiger partial charge in [0.15, 0.2) is 5.12 Å². The van der Waals surface area contributed by atoms with Crippen LogP contribution in [0.25, 0.3) is 11.1 Å². The summed E-state index contributed by atoms with van der Waals surface area (Å²) in [5.74, 6) is -0.838. The van der Waals surface area contributed by atoms with Gasteiger partial charge in [0.1, 0.15) is 0 Å². The molecular weight excluding hydrogens is 296 g/mol. The van der Waals surface area contributed by atoms with E-state index in [9.17, 15) is 9.59 Å². The predicted molar refractivity (Wildman–Crippen MR) is 89.8 cm³/mol. The molecule has 0 aliphatic heterocycles. The summed E-state index contributed by atoms with van der Waals surface area (Å²) in [4.78, 5) is 22.1. The molecule has 2 rings (SSSR count). The van der Waals surface area contributed by atoms with Crippen molar-refractivity contribution in [1.29, 1.82) is 0 Å². The van der Waals surface area contributed by atoms with Crippen LogP contribution in [0.15, 0.2) is 54.6 Å². The van der Waals surface area contributed by atoms with Gasteiger partial charge >= 0.3 is 5.97 Å². The van der Waals surface area contributed by atoms with Gasteiger partial charge in [-0.25, -0.2) is 0 Å². The fourth-order valence-corrected chi connectivity index (χ4v) is 3.20. The van der Waals surface area contributed by atoms with Crippen LogP contribution in [-0.2, 0) is 9.59 Å². The van der Waals surface area contributed by atoms with Crippen molar-refractivity contribution in [1.82, 2.24) is 0 Å². The van der Waals surface area contributed by atoms with Gasteiger partial charge in [0, 0.05) is 18.6 Å². The number of carbonyl (C=O) groups excluding carboxylic acids is 1. The lowest BCUT2D eigenvalue weighted by molar-refractivity contribution is -0.137. The fourth-order valence-electron chi connectivity index (χ4n) is 2.27. The molecule has 0 aliphatic rings. The molecular formula is C18H18O3S.